The molecule has 0 aliphatic heterocycles. The topological polar surface area (TPSA) is 68.0 Å². The van der Waals surface area contributed by atoms with Gasteiger partial charge in [-0.3, -0.25) is 4.79 Å². The van der Waals surface area contributed by atoms with Crippen LogP contribution in [0, 0.1) is 0 Å². The van der Waals surface area contributed by atoms with Crippen molar-refractivity contribution in [3.8, 4) is 0 Å². The van der Waals surface area contributed by atoms with Crippen molar-refractivity contribution in [2.45, 2.75) is 0 Å². The fourth-order valence-electron chi connectivity index (χ4n) is 1.75. The minimum atomic E-state index is 0.274. The molecule has 0 fully saturated rings. The molecule has 2 aromatic heterocycles. The summed E-state index contributed by atoms with van der Waals surface area (Å²) in [6.45, 7) is 0. The Balaban J connectivity index is 1.88. The van der Waals surface area contributed by atoms with Crippen LogP contribution in [-0.2, 0) is 4.79 Å². The van der Waals surface area contributed by atoms with Crippen molar-refractivity contribution >= 4 is 44.7 Å². The van der Waals surface area contributed by atoms with Gasteiger partial charge in [0.15, 0.2) is 11.9 Å². The van der Waals surface area contributed by atoms with Crippen LogP contribution in [-0.4, -0.2) is 16.3 Å². The van der Waals surface area contributed by atoms with Crippen molar-refractivity contribution in [1.82, 2.24) is 9.97 Å². The van der Waals surface area contributed by atoms with Crippen molar-refractivity contribution in [1.29, 1.82) is 0 Å². The second kappa shape index (κ2) is 5.88. The molecule has 0 saturated carbocycles. The summed E-state index contributed by atoms with van der Waals surface area (Å²) in [5.41, 5.74) is 1.67. The first-order valence-electron chi connectivity index (χ1n) is 6.15. The number of pyridine rings is 1. The normalized spacial score (nSPS) is 11.6. The van der Waals surface area contributed by atoms with Gasteiger partial charge in [-0.1, -0.05) is 12.1 Å². The molecule has 0 atom stereocenters. The van der Waals surface area contributed by atoms with Gasteiger partial charge in [0.1, 0.15) is 11.3 Å². The third kappa shape index (κ3) is 3.00. The molecule has 3 rings (SSSR count). The number of anilines is 1. The maximum Gasteiger partial charge on any atom is 0.232 e. The molecule has 104 valence electrons. The van der Waals surface area contributed by atoms with Gasteiger partial charge in [-0.15, -0.1) is 0 Å². The van der Waals surface area contributed by atoms with Crippen LogP contribution in [0.1, 0.15) is 5.89 Å². The largest absolute Gasteiger partial charge is 0.436 e. The smallest absolute Gasteiger partial charge is 0.232 e. The first kappa shape index (κ1) is 13.5. The second-order valence-corrected chi connectivity index (χ2v) is 5.13. The van der Waals surface area contributed by atoms with Gasteiger partial charge in [-0.25, -0.2) is 9.97 Å². The molecular formula is C15H10BrN3O2. The maximum atomic E-state index is 11.2. The molecule has 0 aliphatic carbocycles. The Morgan fingerprint density at radius 3 is 2.81 bits per heavy atom. The number of aldehydes is 1. The molecule has 6 heteroatoms. The lowest BCUT2D eigenvalue weighted by Crippen LogP contribution is -1.95. The van der Waals surface area contributed by atoms with Crippen LogP contribution in [0.2, 0.25) is 0 Å². The van der Waals surface area contributed by atoms with Crippen molar-refractivity contribution < 1.29 is 9.21 Å². The van der Waals surface area contributed by atoms with E-state index in [4.69, 9.17) is 4.42 Å². The highest BCUT2D eigenvalue weighted by molar-refractivity contribution is 9.10. The van der Waals surface area contributed by atoms with Gasteiger partial charge in [-0.2, -0.15) is 0 Å². The SMILES string of the molecule is O=C/C(=C\Nc1ccc(Br)cn1)c1nc2ccccc2o1. The summed E-state index contributed by atoms with van der Waals surface area (Å²) in [7, 11) is 0. The van der Waals surface area contributed by atoms with Crippen LogP contribution in [0.3, 0.4) is 0 Å². The van der Waals surface area contributed by atoms with Gasteiger partial charge >= 0.3 is 0 Å². The monoisotopic (exact) mass is 343 g/mol. The number of aromatic nitrogens is 2. The van der Waals surface area contributed by atoms with Crippen molar-refractivity contribution in [2.75, 3.05) is 5.32 Å². The van der Waals surface area contributed by atoms with E-state index < -0.39 is 0 Å². The minimum absolute atomic E-state index is 0.274. The number of nitrogens with one attached hydrogen (secondary N) is 1. The standard InChI is InChI=1S/C15H10BrN3O2/c16-11-5-6-14(18-8-11)17-7-10(9-20)15-19-12-3-1-2-4-13(12)21-15/h1-9H,(H,17,18)/b10-7+. The molecule has 0 saturated heterocycles. The number of oxazole rings is 1. The zero-order chi connectivity index (χ0) is 14.7. The van der Waals surface area contributed by atoms with Gasteiger partial charge in [0.05, 0.1) is 5.57 Å². The number of hydrogen-bond acceptors (Lipinski definition) is 5. The third-order valence-electron chi connectivity index (χ3n) is 2.77. The van der Waals surface area contributed by atoms with E-state index in [0.717, 1.165) is 4.47 Å². The molecule has 1 N–H and O–H groups in total. The first-order chi connectivity index (χ1) is 10.3. The summed E-state index contributed by atoms with van der Waals surface area (Å²) in [5, 5.41) is 2.94. The van der Waals surface area contributed by atoms with Crippen LogP contribution in [0.25, 0.3) is 16.7 Å². The molecule has 0 spiro atoms. The van der Waals surface area contributed by atoms with Crippen molar-refractivity contribution in [3.63, 3.8) is 0 Å². The van der Waals surface area contributed by atoms with E-state index in [9.17, 15) is 4.79 Å². The van der Waals surface area contributed by atoms with Gasteiger partial charge < -0.3 is 9.73 Å². The molecule has 0 amide bonds. The highest BCUT2D eigenvalue weighted by atomic mass is 79.9. The summed E-state index contributed by atoms with van der Waals surface area (Å²) in [6.07, 6.45) is 3.88. The van der Waals surface area contributed by atoms with Crippen molar-refractivity contribution in [2.24, 2.45) is 0 Å². The number of allylic oxidation sites excluding steroid dienone is 1. The number of carbonyl (C=O) groups is 1. The van der Waals surface area contributed by atoms with E-state index in [1.165, 1.54) is 6.20 Å². The molecule has 0 radical (unpaired) electrons. The van der Waals surface area contributed by atoms with Crippen LogP contribution < -0.4 is 5.32 Å². The number of benzene rings is 1. The van der Waals surface area contributed by atoms with E-state index in [1.807, 2.05) is 24.3 Å². The first-order valence-corrected chi connectivity index (χ1v) is 6.95. The van der Waals surface area contributed by atoms with Gasteiger partial charge in [0, 0.05) is 16.9 Å². The molecule has 1 aromatic carbocycles. The summed E-state index contributed by atoms with van der Waals surface area (Å²) >= 11 is 3.31. The molecule has 2 heterocycles. The van der Waals surface area contributed by atoms with Crippen LogP contribution in [0.15, 0.2) is 57.7 Å². The summed E-state index contributed by atoms with van der Waals surface area (Å²) in [6, 6.07) is 11.0. The fourth-order valence-corrected chi connectivity index (χ4v) is 1.99. The quantitative estimate of drug-likeness (QED) is 0.578. The molecule has 5 nitrogen and oxygen atoms in total. The van der Waals surface area contributed by atoms with Gasteiger partial charge in [-0.05, 0) is 40.2 Å². The molecular weight excluding hydrogens is 334 g/mol. The van der Waals surface area contributed by atoms with E-state index >= 15 is 0 Å². The second-order valence-electron chi connectivity index (χ2n) is 4.21. The summed E-state index contributed by atoms with van der Waals surface area (Å²) < 4.78 is 6.43. The van der Waals surface area contributed by atoms with Gasteiger partial charge in [0.2, 0.25) is 5.89 Å². The van der Waals surface area contributed by atoms with Crippen LogP contribution in [0.5, 0.6) is 0 Å². The van der Waals surface area contributed by atoms with E-state index in [0.29, 0.717) is 28.8 Å². The Kier molecular flexibility index (Phi) is 3.79. The Morgan fingerprint density at radius 1 is 1.24 bits per heavy atom. The number of rotatable bonds is 4. The van der Waals surface area contributed by atoms with E-state index in [1.54, 1.807) is 18.3 Å². The lowest BCUT2D eigenvalue weighted by Gasteiger charge is -2.00. The number of carbonyl (C=O) groups excluding carboxylic acids is 1. The third-order valence-corrected chi connectivity index (χ3v) is 3.24. The molecule has 0 unspecified atom stereocenters. The highest BCUT2D eigenvalue weighted by Gasteiger charge is 2.09. The average Bonchev–Trinajstić information content (AvgIpc) is 2.93. The lowest BCUT2D eigenvalue weighted by atomic mass is 10.3. The fraction of sp³-hybridized carbons (Fsp3) is 0. The zero-order valence-corrected chi connectivity index (χ0v) is 12.4. The average molecular weight is 344 g/mol. The van der Waals surface area contributed by atoms with Crippen molar-refractivity contribution in [3.05, 3.63) is 59.2 Å². The Bertz CT molecular complexity index is 776. The maximum absolute atomic E-state index is 11.2. The Morgan fingerprint density at radius 2 is 2.10 bits per heavy atom. The highest BCUT2D eigenvalue weighted by Crippen LogP contribution is 2.20. The number of nitrogens with zero attached hydrogens (tertiary/aromatic N) is 2. The number of fused-ring (bicyclic) bond motifs is 1. The molecule has 0 aliphatic rings. The predicted octanol–water partition coefficient (Wildman–Crippen LogP) is 3.64. The number of halogens is 1. The summed E-state index contributed by atoms with van der Waals surface area (Å²) in [4.78, 5) is 19.6. The van der Waals surface area contributed by atoms with Crippen LogP contribution >= 0.6 is 15.9 Å². The van der Waals surface area contributed by atoms with E-state index in [-0.39, 0.29) is 5.89 Å². The minimum Gasteiger partial charge on any atom is -0.436 e. The number of para-hydroxylation sites is 2. The zero-order valence-electron chi connectivity index (χ0n) is 10.8. The Hall–Kier alpha value is -2.47. The van der Waals surface area contributed by atoms with E-state index in [2.05, 4.69) is 31.2 Å². The van der Waals surface area contributed by atoms with Gasteiger partial charge in [0.25, 0.3) is 0 Å². The Labute approximate surface area is 128 Å². The predicted molar refractivity (Wildman–Crippen MR) is 83.6 cm³/mol. The van der Waals surface area contributed by atoms with Crippen LogP contribution in [0.4, 0.5) is 5.82 Å². The lowest BCUT2D eigenvalue weighted by molar-refractivity contribution is -0.103. The molecule has 21 heavy (non-hydrogen) atoms. The number of hydrogen-bond donors (Lipinski definition) is 1. The molecule has 0 bridgehead atoms. The summed E-state index contributed by atoms with van der Waals surface area (Å²) in [5.74, 6) is 0.893. The molecule has 3 aromatic rings.